The number of hydrogen-bond donors (Lipinski definition) is 0. The summed E-state index contributed by atoms with van der Waals surface area (Å²) < 4.78 is 5.42. The van der Waals surface area contributed by atoms with Crippen LogP contribution in [0.1, 0.15) is 35.8 Å². The van der Waals surface area contributed by atoms with Gasteiger partial charge in [0.2, 0.25) is 0 Å². The average Bonchev–Trinajstić information content (AvgIpc) is 3.02. The van der Waals surface area contributed by atoms with Gasteiger partial charge in [-0.2, -0.15) is 0 Å². The molecule has 0 amide bonds. The maximum absolute atomic E-state index is 5.42. The van der Waals surface area contributed by atoms with Crippen molar-refractivity contribution in [2.75, 3.05) is 0 Å². The largest absolute Gasteiger partial charge is 0.360 e. The van der Waals surface area contributed by atoms with Crippen LogP contribution in [0.15, 0.2) is 22.9 Å². The number of rotatable bonds is 2. The predicted molar refractivity (Wildman–Crippen MR) is 61.2 cm³/mol. The van der Waals surface area contributed by atoms with Crippen LogP contribution in [0, 0.1) is 13.8 Å². The average molecular weight is 214 g/mol. The maximum Gasteiger partial charge on any atom is 0.149 e. The molecule has 1 fully saturated rings. The highest BCUT2D eigenvalue weighted by Gasteiger charge is 2.32. The van der Waals surface area contributed by atoms with E-state index in [0.29, 0.717) is 5.92 Å². The van der Waals surface area contributed by atoms with E-state index in [-0.39, 0.29) is 0 Å². The molecule has 2 aromatic heterocycles. The van der Waals surface area contributed by atoms with Crippen LogP contribution < -0.4 is 0 Å². The number of aryl methyl sites for hydroxylation is 2. The normalized spacial score (nSPS) is 15.4. The Bertz CT molecular complexity index is 526. The Balaban J connectivity index is 2.14. The van der Waals surface area contributed by atoms with Crippen molar-refractivity contribution in [2.45, 2.75) is 32.6 Å². The highest BCUT2D eigenvalue weighted by atomic mass is 16.5. The lowest BCUT2D eigenvalue weighted by Gasteiger charge is -2.01. The molecule has 0 N–H and O–H groups in total. The van der Waals surface area contributed by atoms with E-state index >= 15 is 0 Å². The van der Waals surface area contributed by atoms with Gasteiger partial charge in [0.1, 0.15) is 5.76 Å². The number of hydrogen-bond acceptors (Lipinski definition) is 3. The van der Waals surface area contributed by atoms with Crippen molar-refractivity contribution < 1.29 is 4.52 Å². The third-order valence-corrected chi connectivity index (χ3v) is 3.01. The highest BCUT2D eigenvalue weighted by Crippen LogP contribution is 2.45. The molecule has 82 valence electrons. The molecular weight excluding hydrogens is 200 g/mol. The van der Waals surface area contributed by atoms with E-state index in [9.17, 15) is 0 Å². The molecule has 3 heteroatoms. The van der Waals surface area contributed by atoms with Crippen molar-refractivity contribution in [3.8, 4) is 11.3 Å². The summed E-state index contributed by atoms with van der Waals surface area (Å²) in [5.41, 5.74) is 4.25. The molecule has 0 atom stereocenters. The van der Waals surface area contributed by atoms with Gasteiger partial charge in [-0.15, -0.1) is 0 Å². The minimum absolute atomic E-state index is 0.568. The van der Waals surface area contributed by atoms with E-state index in [1.54, 1.807) is 0 Å². The lowest BCUT2D eigenvalue weighted by Crippen LogP contribution is -1.88. The number of aromatic nitrogens is 2. The molecule has 0 bridgehead atoms. The highest BCUT2D eigenvalue weighted by molar-refractivity contribution is 5.65. The first-order valence-corrected chi connectivity index (χ1v) is 5.65. The van der Waals surface area contributed by atoms with Crippen molar-refractivity contribution in [2.24, 2.45) is 0 Å². The zero-order valence-corrected chi connectivity index (χ0v) is 9.53. The van der Waals surface area contributed by atoms with Gasteiger partial charge in [-0.05, 0) is 44.4 Å². The Labute approximate surface area is 94.5 Å². The topological polar surface area (TPSA) is 38.9 Å². The molecule has 3 rings (SSSR count). The molecular formula is C13H14N2O. The van der Waals surface area contributed by atoms with E-state index in [4.69, 9.17) is 4.52 Å². The minimum atomic E-state index is 0.568. The summed E-state index contributed by atoms with van der Waals surface area (Å²) in [4.78, 5) is 4.41. The Morgan fingerprint density at radius 1 is 1.31 bits per heavy atom. The van der Waals surface area contributed by atoms with Crippen LogP contribution >= 0.6 is 0 Å². The van der Waals surface area contributed by atoms with E-state index < -0.39 is 0 Å². The Morgan fingerprint density at radius 3 is 2.81 bits per heavy atom. The zero-order valence-electron chi connectivity index (χ0n) is 9.53. The molecule has 0 unspecified atom stereocenters. The first-order chi connectivity index (χ1) is 7.75. The molecule has 3 nitrogen and oxygen atoms in total. The first kappa shape index (κ1) is 9.58. The standard InChI is InChI=1S/C13H14N2O/c1-8-5-6-14-11(7-8)12-9(2)15-16-13(12)10-3-4-10/h5-7,10H,3-4H2,1-2H3. The molecule has 0 radical (unpaired) electrons. The second-order valence-electron chi connectivity index (χ2n) is 4.50. The second kappa shape index (κ2) is 3.44. The van der Waals surface area contributed by atoms with Gasteiger partial charge in [-0.1, -0.05) is 5.16 Å². The van der Waals surface area contributed by atoms with Crippen molar-refractivity contribution in [3.63, 3.8) is 0 Å². The summed E-state index contributed by atoms with van der Waals surface area (Å²) in [7, 11) is 0. The van der Waals surface area contributed by atoms with Crippen LogP contribution in [0.25, 0.3) is 11.3 Å². The van der Waals surface area contributed by atoms with Crippen LogP contribution in [-0.4, -0.2) is 10.1 Å². The van der Waals surface area contributed by atoms with Crippen molar-refractivity contribution >= 4 is 0 Å². The molecule has 1 aliphatic carbocycles. The lowest BCUT2D eigenvalue weighted by atomic mass is 10.1. The Morgan fingerprint density at radius 2 is 2.12 bits per heavy atom. The molecule has 1 saturated carbocycles. The molecule has 0 aromatic carbocycles. The van der Waals surface area contributed by atoms with Crippen LogP contribution in [0.5, 0.6) is 0 Å². The first-order valence-electron chi connectivity index (χ1n) is 5.65. The molecule has 1 aliphatic rings. The van der Waals surface area contributed by atoms with Gasteiger partial charge in [0.15, 0.2) is 0 Å². The van der Waals surface area contributed by atoms with Crippen molar-refractivity contribution in [1.82, 2.24) is 10.1 Å². The third kappa shape index (κ3) is 1.52. The Hall–Kier alpha value is -1.64. The SMILES string of the molecule is Cc1ccnc(-c2c(C)noc2C2CC2)c1. The lowest BCUT2D eigenvalue weighted by molar-refractivity contribution is 0.381. The smallest absolute Gasteiger partial charge is 0.149 e. The van der Waals surface area contributed by atoms with Crippen LogP contribution in [-0.2, 0) is 0 Å². The predicted octanol–water partition coefficient (Wildman–Crippen LogP) is 3.23. The second-order valence-corrected chi connectivity index (χ2v) is 4.50. The van der Waals surface area contributed by atoms with Gasteiger partial charge in [0, 0.05) is 12.1 Å². The fraction of sp³-hybridized carbons (Fsp3) is 0.385. The van der Waals surface area contributed by atoms with E-state index in [1.165, 1.54) is 18.4 Å². The van der Waals surface area contributed by atoms with Gasteiger partial charge >= 0.3 is 0 Å². The monoisotopic (exact) mass is 214 g/mol. The van der Waals surface area contributed by atoms with Crippen LogP contribution in [0.4, 0.5) is 0 Å². The molecule has 2 heterocycles. The molecule has 16 heavy (non-hydrogen) atoms. The fourth-order valence-corrected chi connectivity index (χ4v) is 2.00. The molecule has 0 aliphatic heterocycles. The van der Waals surface area contributed by atoms with Gasteiger partial charge in [-0.25, -0.2) is 0 Å². The quantitative estimate of drug-likeness (QED) is 0.770. The fourth-order valence-electron chi connectivity index (χ4n) is 2.00. The van der Waals surface area contributed by atoms with Gasteiger partial charge in [-0.3, -0.25) is 4.98 Å². The molecule has 0 saturated heterocycles. The number of pyridine rings is 1. The van der Waals surface area contributed by atoms with Crippen molar-refractivity contribution in [1.29, 1.82) is 0 Å². The molecule has 0 spiro atoms. The number of nitrogens with zero attached hydrogens (tertiary/aromatic N) is 2. The summed E-state index contributed by atoms with van der Waals surface area (Å²) in [5.74, 6) is 1.59. The summed E-state index contributed by atoms with van der Waals surface area (Å²) in [5, 5.41) is 4.07. The Kier molecular flexibility index (Phi) is 2.06. The van der Waals surface area contributed by atoms with E-state index in [2.05, 4.69) is 23.1 Å². The van der Waals surface area contributed by atoms with Crippen LogP contribution in [0.3, 0.4) is 0 Å². The summed E-state index contributed by atoms with van der Waals surface area (Å²) in [6.07, 6.45) is 4.27. The maximum atomic E-state index is 5.42. The van der Waals surface area contributed by atoms with Crippen molar-refractivity contribution in [3.05, 3.63) is 35.3 Å². The third-order valence-electron chi connectivity index (χ3n) is 3.01. The molecule has 2 aromatic rings. The van der Waals surface area contributed by atoms with E-state index in [0.717, 1.165) is 22.7 Å². The van der Waals surface area contributed by atoms with Gasteiger partial charge < -0.3 is 4.52 Å². The van der Waals surface area contributed by atoms with Gasteiger partial charge in [0.05, 0.1) is 17.0 Å². The summed E-state index contributed by atoms with van der Waals surface area (Å²) in [6, 6.07) is 4.09. The zero-order chi connectivity index (χ0) is 11.1. The minimum Gasteiger partial charge on any atom is -0.360 e. The van der Waals surface area contributed by atoms with Gasteiger partial charge in [0.25, 0.3) is 0 Å². The van der Waals surface area contributed by atoms with E-state index in [1.807, 2.05) is 19.2 Å². The van der Waals surface area contributed by atoms with Crippen LogP contribution in [0.2, 0.25) is 0 Å². The summed E-state index contributed by atoms with van der Waals surface area (Å²) in [6.45, 7) is 4.06. The summed E-state index contributed by atoms with van der Waals surface area (Å²) >= 11 is 0.